The third kappa shape index (κ3) is 11.1. The highest BCUT2D eigenvalue weighted by atomic mass is 35.5. The van der Waals surface area contributed by atoms with Crippen LogP contribution in [0, 0.1) is 13.8 Å². The Kier molecular flexibility index (Phi) is 16.1. The maximum Gasteiger partial charge on any atom is 0.139 e. The molecular formula is C68H75B10ClN2. The first-order chi connectivity index (χ1) is 38.3. The zero-order chi connectivity index (χ0) is 58.1. The van der Waals surface area contributed by atoms with Gasteiger partial charge in [0.25, 0.3) is 0 Å². The van der Waals surface area contributed by atoms with Crippen LogP contribution in [0.1, 0.15) is 118 Å². The van der Waals surface area contributed by atoms with E-state index < -0.39 is 0 Å². The summed E-state index contributed by atoms with van der Waals surface area (Å²) in [5.74, 6) is 0.830. The van der Waals surface area contributed by atoms with E-state index in [9.17, 15) is 0 Å². The number of nitrogens with zero attached hydrogens (tertiary/aromatic N) is 2. The number of pyridine rings is 2. The molecule has 7 aromatic carbocycles. The van der Waals surface area contributed by atoms with E-state index in [2.05, 4.69) is 268 Å². The van der Waals surface area contributed by atoms with Crippen molar-refractivity contribution in [3.63, 3.8) is 0 Å². The average Bonchev–Trinajstić information content (AvgIpc) is 3.48. The minimum Gasteiger partial charge on any atom is -0.256 e. The first-order valence-electron chi connectivity index (χ1n) is 29.6. The van der Waals surface area contributed by atoms with Gasteiger partial charge in [-0.1, -0.05) is 178 Å². The van der Waals surface area contributed by atoms with Crippen LogP contribution in [-0.2, 0) is 10.8 Å². The highest BCUT2D eigenvalue weighted by molar-refractivity contribution is 6.70. The van der Waals surface area contributed by atoms with Gasteiger partial charge in [0.05, 0.1) is 11.4 Å². The summed E-state index contributed by atoms with van der Waals surface area (Å²) < 4.78 is 0. The third-order valence-electron chi connectivity index (χ3n) is 19.5. The molecule has 9 aromatic rings. The molecule has 10 rings (SSSR count). The van der Waals surface area contributed by atoms with Crippen LogP contribution in [0.4, 0.5) is 0 Å². The molecular weight excluding hydrogens is 988 g/mol. The molecule has 0 aliphatic heterocycles. The average molecular weight is 1060 g/mol. The van der Waals surface area contributed by atoms with Gasteiger partial charge in [0.1, 0.15) is 78.5 Å². The molecule has 2 atom stereocenters. The lowest BCUT2D eigenvalue weighted by Gasteiger charge is -2.38. The van der Waals surface area contributed by atoms with Gasteiger partial charge in [-0.2, -0.15) is 0 Å². The van der Waals surface area contributed by atoms with E-state index in [0.717, 1.165) is 46.8 Å². The Labute approximate surface area is 499 Å². The van der Waals surface area contributed by atoms with E-state index in [1.807, 2.05) is 0 Å². The molecule has 1 fully saturated rings. The minimum absolute atomic E-state index is 0.0213. The predicted molar refractivity (Wildman–Crippen MR) is 383 cm³/mol. The van der Waals surface area contributed by atoms with Crippen LogP contribution in [0.2, 0.25) is 5.02 Å². The number of hydrogen-bond donors (Lipinski definition) is 0. The molecule has 2 heterocycles. The van der Waals surface area contributed by atoms with Gasteiger partial charge in [-0.05, 0) is 152 Å². The lowest BCUT2D eigenvalue weighted by Crippen LogP contribution is -2.55. The molecule has 394 valence electrons. The van der Waals surface area contributed by atoms with Gasteiger partial charge in [-0.3, -0.25) is 9.97 Å². The second-order valence-electron chi connectivity index (χ2n) is 26.3. The summed E-state index contributed by atoms with van der Waals surface area (Å²) in [5.41, 5.74) is 37.2. The van der Waals surface area contributed by atoms with Gasteiger partial charge in [0.15, 0.2) is 0 Å². The summed E-state index contributed by atoms with van der Waals surface area (Å²) in [6.07, 6.45) is 7.28. The molecule has 1 aliphatic rings. The van der Waals surface area contributed by atoms with Crippen LogP contribution >= 0.6 is 11.6 Å². The van der Waals surface area contributed by atoms with Crippen molar-refractivity contribution < 1.29 is 0 Å². The summed E-state index contributed by atoms with van der Waals surface area (Å²) in [5, 5.41) is 0.858. The Morgan fingerprint density at radius 3 is 1.02 bits per heavy atom. The summed E-state index contributed by atoms with van der Waals surface area (Å²) in [7, 11) is 22.5. The van der Waals surface area contributed by atoms with Gasteiger partial charge >= 0.3 is 0 Å². The van der Waals surface area contributed by atoms with Crippen molar-refractivity contribution >= 4 is 145 Å². The van der Waals surface area contributed by atoms with Crippen molar-refractivity contribution in [3.8, 4) is 67.0 Å². The first-order valence-corrected chi connectivity index (χ1v) is 30.0. The van der Waals surface area contributed by atoms with Crippen LogP contribution in [0.15, 0.2) is 134 Å². The lowest BCUT2D eigenvalue weighted by molar-refractivity contribution is 0.352. The van der Waals surface area contributed by atoms with Crippen molar-refractivity contribution in [2.75, 3.05) is 0 Å². The number of hydrogen-bond acceptors (Lipinski definition) is 2. The van der Waals surface area contributed by atoms with E-state index >= 15 is 0 Å². The second-order valence-corrected chi connectivity index (χ2v) is 26.8. The molecule has 1 aliphatic carbocycles. The highest BCUT2D eigenvalue weighted by Crippen LogP contribution is 2.53. The molecule has 2 nitrogen and oxygen atoms in total. The number of aromatic nitrogens is 2. The molecule has 0 radical (unpaired) electrons. The first kappa shape index (κ1) is 58.0. The van der Waals surface area contributed by atoms with E-state index in [1.54, 1.807) is 0 Å². The number of benzene rings is 7. The Morgan fingerprint density at radius 1 is 0.370 bits per heavy atom. The summed E-state index contributed by atoms with van der Waals surface area (Å²) in [6, 6.07) is 46.4. The summed E-state index contributed by atoms with van der Waals surface area (Å²) in [6.45, 7) is 18.5. The van der Waals surface area contributed by atoms with Gasteiger partial charge < -0.3 is 0 Å². The Balaban J connectivity index is 1.03. The molecule has 2 aromatic heterocycles. The van der Waals surface area contributed by atoms with Crippen LogP contribution in [-0.4, -0.2) is 88.4 Å². The molecule has 0 bridgehead atoms. The maximum absolute atomic E-state index is 7.22. The van der Waals surface area contributed by atoms with Crippen LogP contribution in [0.5, 0.6) is 0 Å². The van der Waals surface area contributed by atoms with Gasteiger partial charge in [-0.15, -0.1) is 32.8 Å². The smallest absolute Gasteiger partial charge is 0.139 e. The molecule has 2 unspecified atom stereocenters. The minimum atomic E-state index is -0.0213. The number of aryl methyl sites for hydroxylation is 2. The van der Waals surface area contributed by atoms with Crippen molar-refractivity contribution in [3.05, 3.63) is 178 Å². The zero-order valence-corrected chi connectivity index (χ0v) is 52.6. The Morgan fingerprint density at radius 2 is 0.691 bits per heavy atom. The molecule has 0 saturated heterocycles. The monoisotopic (exact) mass is 1060 g/mol. The van der Waals surface area contributed by atoms with Gasteiger partial charge in [0, 0.05) is 39.7 Å². The normalized spacial score (nSPS) is 15.7. The van der Waals surface area contributed by atoms with Gasteiger partial charge in [-0.25, -0.2) is 0 Å². The standard InChI is InChI=1S/C68H75B10ClN2/c1-34-25-53(80-32-50(34)55-57(69)61(73)65(77)62(74)58(55)70)38-17-13-36(14-18-38)48-30-43(67(3,4)5)21-23-45(48)40-27-41(29-42(28-40)47-11-9-10-12-52(47)79)46-24-22-44(68(6,7)8)31-49(46)37-15-19-39(20-16-37)54-26-35(2)51(33-81-54)56-59(71)63(75)66(78)64(76)60(56)72/h9-26,30-33,40-42H,27-29,69-78H2,1-8H3. The quantitative estimate of drug-likeness (QED) is 0.207. The fourth-order valence-electron chi connectivity index (χ4n) is 13.5. The molecule has 0 spiro atoms. The fraction of sp³-hybridized carbons (Fsp3) is 0.235. The van der Waals surface area contributed by atoms with Gasteiger partial charge in [0.2, 0.25) is 0 Å². The highest BCUT2D eigenvalue weighted by Gasteiger charge is 2.36. The number of rotatable bonds is 9. The van der Waals surface area contributed by atoms with Crippen molar-refractivity contribution in [2.45, 2.75) is 103 Å². The lowest BCUT2D eigenvalue weighted by atomic mass is 9.59. The summed E-state index contributed by atoms with van der Waals surface area (Å²) >= 11 is 7.22. The van der Waals surface area contributed by atoms with Crippen molar-refractivity contribution in [1.82, 2.24) is 9.97 Å². The SMILES string of the molecule is Bc1c(B)c(B)c(-c2cnc(-c3ccc(-c4cc(C(C)(C)C)ccc4C4CC(c5ccccc5Cl)CC(c5ccc(C(C)(C)C)cc5-c5ccc(-c6cc(C)c(-c7c(B)c(B)c(B)c(B)c7B)cn6)cc5)C4)cc3)cc2C)c(B)c1B. The molecule has 81 heavy (non-hydrogen) atoms. The van der Waals surface area contributed by atoms with Crippen LogP contribution in [0.25, 0.3) is 67.0 Å². The molecule has 0 N–H and O–H groups in total. The fourth-order valence-corrected chi connectivity index (χ4v) is 13.8. The van der Waals surface area contributed by atoms with E-state index in [4.69, 9.17) is 21.6 Å². The number of halogens is 1. The molecule has 0 amide bonds. The van der Waals surface area contributed by atoms with Crippen molar-refractivity contribution in [2.24, 2.45) is 0 Å². The Bertz CT molecular complexity index is 3650. The predicted octanol–water partition coefficient (Wildman–Crippen LogP) is 1.76. The van der Waals surface area contributed by atoms with E-state index in [-0.39, 0.29) is 28.6 Å². The second kappa shape index (κ2) is 22.5. The zero-order valence-electron chi connectivity index (χ0n) is 51.8. The molecule has 13 heteroatoms. The molecule has 1 saturated carbocycles. The van der Waals surface area contributed by atoms with Crippen molar-refractivity contribution in [1.29, 1.82) is 0 Å². The largest absolute Gasteiger partial charge is 0.256 e. The Hall–Kier alpha value is -6.22. The third-order valence-corrected chi connectivity index (χ3v) is 19.9. The van der Waals surface area contributed by atoms with E-state index in [1.165, 1.54) is 138 Å². The summed E-state index contributed by atoms with van der Waals surface area (Å²) in [4.78, 5) is 10.3. The van der Waals surface area contributed by atoms with E-state index in [0.29, 0.717) is 0 Å². The maximum atomic E-state index is 7.22. The van der Waals surface area contributed by atoms with Crippen LogP contribution < -0.4 is 54.6 Å². The topological polar surface area (TPSA) is 25.8 Å². The van der Waals surface area contributed by atoms with Crippen LogP contribution in [0.3, 0.4) is 0 Å².